The van der Waals surface area contributed by atoms with Crippen molar-refractivity contribution in [2.75, 3.05) is 0 Å². The maximum absolute atomic E-state index is 12.6. The second-order valence-electron chi connectivity index (χ2n) is 4.89. The average Bonchev–Trinajstić information content (AvgIpc) is 2.40. The van der Waals surface area contributed by atoms with Gasteiger partial charge in [-0.05, 0) is 31.0 Å². The lowest BCUT2D eigenvalue weighted by molar-refractivity contribution is 1.36. The van der Waals surface area contributed by atoms with Crippen molar-refractivity contribution in [3.8, 4) is 11.1 Å². The highest BCUT2D eigenvalue weighted by molar-refractivity contribution is 5.86. The largest absolute Gasteiger partial charge is 0.360 e. The summed E-state index contributed by atoms with van der Waals surface area (Å²) in [6.45, 7) is 4.01. The van der Waals surface area contributed by atoms with Crippen molar-refractivity contribution in [1.29, 1.82) is 0 Å². The molecule has 0 fully saturated rings. The molecule has 3 aromatic rings. The molecule has 1 N–H and O–H groups in total. The average molecular weight is 249 g/mol. The van der Waals surface area contributed by atoms with Crippen molar-refractivity contribution in [2.24, 2.45) is 0 Å². The monoisotopic (exact) mass is 249 g/mol. The molecule has 1 aromatic heterocycles. The molecule has 2 heteroatoms. The van der Waals surface area contributed by atoms with Crippen LogP contribution in [0.3, 0.4) is 0 Å². The topological polar surface area (TPSA) is 32.9 Å². The number of hydrogen-bond acceptors (Lipinski definition) is 1. The van der Waals surface area contributed by atoms with Gasteiger partial charge in [0.2, 0.25) is 0 Å². The van der Waals surface area contributed by atoms with Gasteiger partial charge < -0.3 is 4.98 Å². The molecule has 0 radical (unpaired) electrons. The minimum atomic E-state index is 0.0932. The van der Waals surface area contributed by atoms with Gasteiger partial charge in [0.25, 0.3) is 0 Å². The van der Waals surface area contributed by atoms with E-state index in [2.05, 4.69) is 4.98 Å². The molecule has 0 bridgehead atoms. The van der Waals surface area contributed by atoms with Crippen LogP contribution in [0.2, 0.25) is 0 Å². The predicted octanol–water partition coefficient (Wildman–Crippen LogP) is 3.81. The minimum Gasteiger partial charge on any atom is -0.360 e. The van der Waals surface area contributed by atoms with E-state index in [1.807, 2.05) is 56.3 Å². The summed E-state index contributed by atoms with van der Waals surface area (Å²) in [6.07, 6.45) is 1.80. The molecule has 0 aliphatic carbocycles. The predicted molar refractivity (Wildman–Crippen MR) is 79.5 cm³/mol. The van der Waals surface area contributed by atoms with Crippen LogP contribution in [0.25, 0.3) is 22.0 Å². The Kier molecular flexibility index (Phi) is 2.71. The zero-order valence-electron chi connectivity index (χ0n) is 11.0. The van der Waals surface area contributed by atoms with Gasteiger partial charge in [-0.15, -0.1) is 0 Å². The first-order chi connectivity index (χ1) is 9.16. The standard InChI is InChI=1S/C17H15NO/c1-11-6-8-13(9-7-11)14-10-18-15-5-3-4-12(2)16(15)17(14)19/h3-10H,1-2H3,(H,18,19). The normalized spacial score (nSPS) is 10.8. The van der Waals surface area contributed by atoms with Crippen LogP contribution in [0.1, 0.15) is 11.1 Å². The number of nitrogens with one attached hydrogen (secondary N) is 1. The number of fused-ring (bicyclic) bond motifs is 1. The maximum Gasteiger partial charge on any atom is 0.197 e. The summed E-state index contributed by atoms with van der Waals surface area (Å²) in [5, 5.41) is 0.778. The zero-order chi connectivity index (χ0) is 13.4. The van der Waals surface area contributed by atoms with Gasteiger partial charge >= 0.3 is 0 Å². The Hall–Kier alpha value is -2.35. The third-order valence-electron chi connectivity index (χ3n) is 3.48. The van der Waals surface area contributed by atoms with E-state index >= 15 is 0 Å². The van der Waals surface area contributed by atoms with Gasteiger partial charge in [0.15, 0.2) is 5.43 Å². The molecule has 3 rings (SSSR count). The molecule has 0 atom stereocenters. The lowest BCUT2D eigenvalue weighted by Gasteiger charge is -2.06. The second kappa shape index (κ2) is 4.39. The quantitative estimate of drug-likeness (QED) is 0.699. The maximum atomic E-state index is 12.6. The summed E-state index contributed by atoms with van der Waals surface area (Å²) in [7, 11) is 0. The lowest BCUT2D eigenvalue weighted by Crippen LogP contribution is -2.07. The van der Waals surface area contributed by atoms with Gasteiger partial charge in [-0.2, -0.15) is 0 Å². The number of hydrogen-bond donors (Lipinski definition) is 1. The third-order valence-corrected chi connectivity index (χ3v) is 3.48. The zero-order valence-corrected chi connectivity index (χ0v) is 11.0. The third kappa shape index (κ3) is 1.95. The number of pyridine rings is 1. The van der Waals surface area contributed by atoms with E-state index in [1.165, 1.54) is 5.56 Å². The Bertz CT molecular complexity index is 798. The molecule has 0 aliphatic heterocycles. The highest BCUT2D eigenvalue weighted by Crippen LogP contribution is 2.19. The number of H-pyrrole nitrogens is 1. The van der Waals surface area contributed by atoms with Crippen LogP contribution in [-0.4, -0.2) is 4.98 Å². The number of benzene rings is 2. The van der Waals surface area contributed by atoms with Gasteiger partial charge in [0.05, 0.1) is 0 Å². The van der Waals surface area contributed by atoms with Crippen molar-refractivity contribution in [2.45, 2.75) is 13.8 Å². The lowest BCUT2D eigenvalue weighted by atomic mass is 10.0. The molecule has 0 saturated heterocycles. The smallest absolute Gasteiger partial charge is 0.197 e. The van der Waals surface area contributed by atoms with Gasteiger partial charge in [0.1, 0.15) is 0 Å². The number of rotatable bonds is 1. The van der Waals surface area contributed by atoms with Crippen LogP contribution in [0, 0.1) is 13.8 Å². The van der Waals surface area contributed by atoms with Gasteiger partial charge in [-0.1, -0.05) is 42.0 Å². The fourth-order valence-electron chi connectivity index (χ4n) is 2.39. The summed E-state index contributed by atoms with van der Waals surface area (Å²) >= 11 is 0. The molecule has 19 heavy (non-hydrogen) atoms. The van der Waals surface area contributed by atoms with E-state index in [-0.39, 0.29) is 5.43 Å². The van der Waals surface area contributed by atoms with Crippen LogP contribution in [0.5, 0.6) is 0 Å². The number of aromatic amines is 1. The Morgan fingerprint density at radius 3 is 2.42 bits per heavy atom. The molecule has 0 unspecified atom stereocenters. The van der Waals surface area contributed by atoms with Crippen molar-refractivity contribution in [3.63, 3.8) is 0 Å². The second-order valence-corrected chi connectivity index (χ2v) is 4.89. The Balaban J connectivity index is 2.32. The Morgan fingerprint density at radius 2 is 1.68 bits per heavy atom. The molecule has 2 nitrogen and oxygen atoms in total. The van der Waals surface area contributed by atoms with E-state index in [0.29, 0.717) is 0 Å². The highest BCUT2D eigenvalue weighted by atomic mass is 16.1. The minimum absolute atomic E-state index is 0.0932. The van der Waals surface area contributed by atoms with Crippen molar-refractivity contribution in [3.05, 3.63) is 70.0 Å². The number of aryl methyl sites for hydroxylation is 2. The van der Waals surface area contributed by atoms with E-state index < -0.39 is 0 Å². The van der Waals surface area contributed by atoms with Gasteiger partial charge in [-0.3, -0.25) is 4.79 Å². The molecule has 0 saturated carbocycles. The summed E-state index contributed by atoms with van der Waals surface area (Å²) < 4.78 is 0. The first-order valence-electron chi connectivity index (χ1n) is 6.35. The van der Waals surface area contributed by atoms with Gasteiger partial charge in [0, 0.05) is 22.7 Å². The molecule has 0 aliphatic rings. The molecule has 1 heterocycles. The van der Waals surface area contributed by atoms with Crippen molar-refractivity contribution < 1.29 is 0 Å². The SMILES string of the molecule is Cc1ccc(-c2c[nH]c3cccc(C)c3c2=O)cc1. The fraction of sp³-hybridized carbons (Fsp3) is 0.118. The van der Waals surface area contributed by atoms with Crippen LogP contribution < -0.4 is 5.43 Å². The summed E-state index contributed by atoms with van der Waals surface area (Å²) in [4.78, 5) is 15.8. The van der Waals surface area contributed by atoms with E-state index in [1.54, 1.807) is 6.20 Å². The van der Waals surface area contributed by atoms with E-state index in [4.69, 9.17) is 0 Å². The van der Waals surface area contributed by atoms with Crippen molar-refractivity contribution in [1.82, 2.24) is 4.98 Å². The van der Waals surface area contributed by atoms with E-state index in [0.717, 1.165) is 27.6 Å². The van der Waals surface area contributed by atoms with Crippen LogP contribution >= 0.6 is 0 Å². The van der Waals surface area contributed by atoms with Crippen LogP contribution in [0.15, 0.2) is 53.5 Å². The van der Waals surface area contributed by atoms with Crippen LogP contribution in [0.4, 0.5) is 0 Å². The molecule has 2 aromatic carbocycles. The van der Waals surface area contributed by atoms with Crippen LogP contribution in [-0.2, 0) is 0 Å². The first kappa shape index (κ1) is 11.7. The summed E-state index contributed by atoms with van der Waals surface area (Å²) in [6, 6.07) is 13.9. The summed E-state index contributed by atoms with van der Waals surface area (Å²) in [5.41, 5.74) is 4.86. The molecule has 0 spiro atoms. The number of aromatic nitrogens is 1. The Labute approximate surface area is 111 Å². The van der Waals surface area contributed by atoms with Gasteiger partial charge in [-0.25, -0.2) is 0 Å². The van der Waals surface area contributed by atoms with E-state index in [9.17, 15) is 4.79 Å². The van der Waals surface area contributed by atoms with Crippen molar-refractivity contribution >= 4 is 10.9 Å². The fourth-order valence-corrected chi connectivity index (χ4v) is 2.39. The highest BCUT2D eigenvalue weighted by Gasteiger charge is 2.08. The summed E-state index contributed by atoms with van der Waals surface area (Å²) in [5.74, 6) is 0. The molecular formula is C17H15NO. The Morgan fingerprint density at radius 1 is 0.947 bits per heavy atom. The first-order valence-corrected chi connectivity index (χ1v) is 6.35. The molecule has 0 amide bonds. The molecular weight excluding hydrogens is 234 g/mol. The molecule has 94 valence electrons.